The van der Waals surface area contributed by atoms with Crippen LogP contribution in [0.3, 0.4) is 0 Å². The maximum absolute atomic E-state index is 13.4. The van der Waals surface area contributed by atoms with E-state index in [1.165, 1.54) is 17.8 Å². The van der Waals surface area contributed by atoms with Crippen LogP contribution in [0.2, 0.25) is 0 Å². The average molecular weight is 343 g/mol. The average Bonchev–Trinajstić information content (AvgIpc) is 3.32. The molecule has 0 bridgehead atoms. The second-order valence-corrected chi connectivity index (χ2v) is 6.48. The molecule has 1 atom stereocenters. The van der Waals surface area contributed by atoms with E-state index in [0.29, 0.717) is 6.61 Å². The Hall–Kier alpha value is -2.25. The number of hydrogen-bond acceptors (Lipinski definition) is 4. The number of nitrogens with zero attached hydrogens (tertiary/aromatic N) is 4. The zero-order chi connectivity index (χ0) is 17.2. The van der Waals surface area contributed by atoms with Crippen LogP contribution in [0.25, 0.3) is 11.0 Å². The predicted molar refractivity (Wildman–Crippen MR) is 92.5 cm³/mol. The van der Waals surface area contributed by atoms with Crippen molar-refractivity contribution in [2.45, 2.75) is 32.0 Å². The van der Waals surface area contributed by atoms with Gasteiger partial charge in [-0.1, -0.05) is 0 Å². The van der Waals surface area contributed by atoms with Gasteiger partial charge in [0, 0.05) is 26.4 Å². The fraction of sp³-hybridized carbons (Fsp3) is 0.444. The monoisotopic (exact) mass is 343 g/mol. The molecule has 1 aromatic carbocycles. The highest BCUT2D eigenvalue weighted by Gasteiger charge is 2.29. The number of imidazole rings is 2. The van der Waals surface area contributed by atoms with Gasteiger partial charge in [-0.25, -0.2) is 14.4 Å². The van der Waals surface area contributed by atoms with Gasteiger partial charge in [-0.05, 0) is 37.6 Å². The molecule has 0 amide bonds. The molecule has 1 saturated heterocycles. The fourth-order valence-corrected chi connectivity index (χ4v) is 3.56. The van der Waals surface area contributed by atoms with Crippen LogP contribution in [-0.2, 0) is 17.8 Å². The molecule has 1 fully saturated rings. The highest BCUT2D eigenvalue weighted by atomic mass is 19.1. The van der Waals surface area contributed by atoms with Gasteiger partial charge in [-0.15, -0.1) is 0 Å². The Labute approximate surface area is 145 Å². The van der Waals surface area contributed by atoms with E-state index in [1.54, 1.807) is 13.2 Å². The van der Waals surface area contributed by atoms with Crippen molar-refractivity contribution in [1.82, 2.24) is 24.4 Å². The van der Waals surface area contributed by atoms with E-state index in [4.69, 9.17) is 4.74 Å². The number of hydrogen-bond donors (Lipinski definition) is 1. The third kappa shape index (κ3) is 3.29. The number of methoxy groups -OCH3 is 1. The summed E-state index contributed by atoms with van der Waals surface area (Å²) in [6, 6.07) is 4.91. The second kappa shape index (κ2) is 6.93. The van der Waals surface area contributed by atoms with Crippen molar-refractivity contribution in [3.63, 3.8) is 0 Å². The molecule has 1 unspecified atom stereocenters. The lowest BCUT2D eigenvalue weighted by atomic mass is 10.2. The Balaban J connectivity index is 1.54. The van der Waals surface area contributed by atoms with Gasteiger partial charge in [0.25, 0.3) is 0 Å². The molecule has 0 aliphatic carbocycles. The van der Waals surface area contributed by atoms with E-state index < -0.39 is 0 Å². The van der Waals surface area contributed by atoms with Gasteiger partial charge in [-0.3, -0.25) is 4.90 Å². The Morgan fingerprint density at radius 3 is 3.20 bits per heavy atom. The molecule has 132 valence electrons. The third-order valence-corrected chi connectivity index (χ3v) is 4.84. The van der Waals surface area contributed by atoms with Gasteiger partial charge < -0.3 is 14.3 Å². The number of benzene rings is 1. The zero-order valence-corrected chi connectivity index (χ0v) is 14.3. The normalized spacial score (nSPS) is 18.4. The van der Waals surface area contributed by atoms with Crippen molar-refractivity contribution < 1.29 is 9.13 Å². The maximum atomic E-state index is 13.4. The van der Waals surface area contributed by atoms with Gasteiger partial charge in [0.05, 0.1) is 35.7 Å². The van der Waals surface area contributed by atoms with E-state index in [9.17, 15) is 4.39 Å². The first kappa shape index (κ1) is 16.2. The minimum absolute atomic E-state index is 0.223. The van der Waals surface area contributed by atoms with Crippen molar-refractivity contribution >= 4 is 11.0 Å². The van der Waals surface area contributed by atoms with Crippen molar-refractivity contribution in [3.05, 3.63) is 48.1 Å². The molecule has 1 aliphatic heterocycles. The number of ether oxygens (including phenoxy) is 1. The zero-order valence-electron chi connectivity index (χ0n) is 14.3. The maximum Gasteiger partial charge on any atom is 0.125 e. The standard InChI is InChI=1S/C18H22FN5O/c1-25-8-7-24-12-20-10-14(24)11-23-6-2-3-17(23)18-21-15-5-4-13(19)9-16(15)22-18/h4-5,9-10,12,17H,2-3,6-8,11H2,1H3,(H,21,22). The molecule has 7 heteroatoms. The molecule has 0 spiro atoms. The SMILES string of the molecule is COCCn1cncc1CN1CCCC1c1nc2ccc(F)cc2[nH]1. The molecule has 0 radical (unpaired) electrons. The Bertz CT molecular complexity index is 858. The van der Waals surface area contributed by atoms with Crippen molar-refractivity contribution in [3.8, 4) is 0 Å². The third-order valence-electron chi connectivity index (χ3n) is 4.84. The molecule has 25 heavy (non-hydrogen) atoms. The van der Waals surface area contributed by atoms with Crippen LogP contribution in [0.5, 0.6) is 0 Å². The molecule has 1 N–H and O–H groups in total. The lowest BCUT2D eigenvalue weighted by Crippen LogP contribution is -2.25. The Kier molecular flexibility index (Phi) is 4.50. The van der Waals surface area contributed by atoms with Crippen molar-refractivity contribution in [1.29, 1.82) is 0 Å². The first-order chi connectivity index (χ1) is 12.2. The van der Waals surface area contributed by atoms with Gasteiger partial charge in [0.2, 0.25) is 0 Å². The Morgan fingerprint density at radius 2 is 2.32 bits per heavy atom. The number of likely N-dealkylation sites (tertiary alicyclic amines) is 1. The number of rotatable bonds is 6. The summed E-state index contributed by atoms with van der Waals surface area (Å²) in [6.07, 6.45) is 5.94. The first-order valence-electron chi connectivity index (χ1n) is 8.62. The summed E-state index contributed by atoms with van der Waals surface area (Å²) in [5, 5.41) is 0. The largest absolute Gasteiger partial charge is 0.383 e. The summed E-state index contributed by atoms with van der Waals surface area (Å²) < 4.78 is 20.7. The molecule has 1 aliphatic rings. The molecule has 3 heterocycles. The Morgan fingerprint density at radius 1 is 1.40 bits per heavy atom. The number of halogens is 1. The van der Waals surface area contributed by atoms with E-state index in [0.717, 1.165) is 49.3 Å². The molecular weight excluding hydrogens is 321 g/mol. The summed E-state index contributed by atoms with van der Waals surface area (Å²) in [7, 11) is 1.71. The van der Waals surface area contributed by atoms with Crippen LogP contribution >= 0.6 is 0 Å². The highest BCUT2D eigenvalue weighted by Crippen LogP contribution is 2.32. The van der Waals surface area contributed by atoms with Gasteiger partial charge in [0.15, 0.2) is 0 Å². The summed E-state index contributed by atoms with van der Waals surface area (Å²) in [5.74, 6) is 0.675. The molecule has 3 aromatic rings. The number of H-pyrrole nitrogens is 1. The lowest BCUT2D eigenvalue weighted by Gasteiger charge is -2.23. The van der Waals surface area contributed by atoms with Crippen LogP contribution < -0.4 is 0 Å². The number of aromatic amines is 1. The number of fused-ring (bicyclic) bond motifs is 1. The van der Waals surface area contributed by atoms with E-state index in [-0.39, 0.29) is 11.9 Å². The fourth-order valence-electron chi connectivity index (χ4n) is 3.56. The summed E-state index contributed by atoms with van der Waals surface area (Å²) in [5.41, 5.74) is 2.74. The number of aromatic nitrogens is 4. The predicted octanol–water partition coefficient (Wildman–Crippen LogP) is 2.88. The molecule has 6 nitrogen and oxygen atoms in total. The van der Waals surface area contributed by atoms with Gasteiger partial charge in [-0.2, -0.15) is 0 Å². The van der Waals surface area contributed by atoms with E-state index in [2.05, 4.69) is 24.4 Å². The smallest absolute Gasteiger partial charge is 0.125 e. The van der Waals surface area contributed by atoms with Gasteiger partial charge in [0.1, 0.15) is 11.6 Å². The van der Waals surface area contributed by atoms with Crippen LogP contribution in [0.15, 0.2) is 30.7 Å². The van der Waals surface area contributed by atoms with Crippen LogP contribution in [0, 0.1) is 5.82 Å². The quantitative estimate of drug-likeness (QED) is 0.748. The second-order valence-electron chi connectivity index (χ2n) is 6.48. The lowest BCUT2D eigenvalue weighted by molar-refractivity contribution is 0.183. The van der Waals surface area contributed by atoms with Crippen LogP contribution in [0.4, 0.5) is 4.39 Å². The first-order valence-corrected chi connectivity index (χ1v) is 8.62. The number of nitrogens with one attached hydrogen (secondary N) is 1. The van der Waals surface area contributed by atoms with Crippen molar-refractivity contribution in [2.24, 2.45) is 0 Å². The minimum Gasteiger partial charge on any atom is -0.383 e. The summed E-state index contributed by atoms with van der Waals surface area (Å²) in [4.78, 5) is 14.7. The topological polar surface area (TPSA) is 59.0 Å². The van der Waals surface area contributed by atoms with Crippen LogP contribution in [0.1, 0.15) is 30.4 Å². The van der Waals surface area contributed by atoms with Crippen molar-refractivity contribution in [2.75, 3.05) is 20.3 Å². The molecule has 2 aromatic heterocycles. The molecule has 4 rings (SSSR count). The van der Waals surface area contributed by atoms with E-state index in [1.807, 2.05) is 12.5 Å². The summed E-state index contributed by atoms with van der Waals surface area (Å²) in [6.45, 7) is 3.31. The minimum atomic E-state index is -0.243. The molecule has 0 saturated carbocycles. The molecular formula is C18H22FN5O. The van der Waals surface area contributed by atoms with E-state index >= 15 is 0 Å². The highest BCUT2D eigenvalue weighted by molar-refractivity contribution is 5.75. The summed E-state index contributed by atoms with van der Waals surface area (Å²) >= 11 is 0. The van der Waals surface area contributed by atoms with Gasteiger partial charge >= 0.3 is 0 Å². The van der Waals surface area contributed by atoms with Crippen LogP contribution in [-0.4, -0.2) is 44.7 Å².